The van der Waals surface area contributed by atoms with Gasteiger partial charge in [-0.2, -0.15) is 0 Å². The van der Waals surface area contributed by atoms with Crippen molar-refractivity contribution in [3.8, 4) is 0 Å². The summed E-state index contributed by atoms with van der Waals surface area (Å²) in [6, 6.07) is 5.59. The molecule has 1 aliphatic rings. The fraction of sp³-hybridized carbons (Fsp3) is 0.333. The molecule has 0 spiro atoms. The van der Waals surface area contributed by atoms with E-state index in [-0.39, 0.29) is 42.5 Å². The minimum atomic E-state index is -3.72. The fourth-order valence-corrected chi connectivity index (χ4v) is 3.48. The summed E-state index contributed by atoms with van der Waals surface area (Å²) in [4.78, 5) is 24.5. The minimum Gasteiger partial charge on any atom is -0.426 e. The van der Waals surface area contributed by atoms with Gasteiger partial charge in [0.2, 0.25) is 33.6 Å². The van der Waals surface area contributed by atoms with Crippen LogP contribution in [0.15, 0.2) is 33.6 Å². The van der Waals surface area contributed by atoms with Crippen molar-refractivity contribution in [1.82, 2.24) is 14.9 Å². The van der Waals surface area contributed by atoms with Crippen LogP contribution in [0.25, 0.3) is 0 Å². The topological polar surface area (TPSA) is 122 Å². The SMILES string of the molecule is Cc1nnc(CCNS(=O)(=O)c2ccc(N3C(=O)CCC3=O)cc2)o1. The van der Waals surface area contributed by atoms with E-state index < -0.39 is 10.0 Å². The molecule has 1 aliphatic heterocycles. The number of hydrogen-bond acceptors (Lipinski definition) is 7. The average Bonchev–Trinajstić information content (AvgIpc) is 3.13. The maximum atomic E-state index is 12.3. The highest BCUT2D eigenvalue weighted by Crippen LogP contribution is 2.23. The molecule has 0 unspecified atom stereocenters. The Kier molecular flexibility index (Phi) is 4.64. The van der Waals surface area contributed by atoms with Crippen LogP contribution >= 0.6 is 0 Å². The highest BCUT2D eigenvalue weighted by Gasteiger charge is 2.30. The lowest BCUT2D eigenvalue weighted by Gasteiger charge is -2.14. The predicted molar refractivity (Wildman–Crippen MR) is 86.1 cm³/mol. The monoisotopic (exact) mass is 364 g/mol. The van der Waals surface area contributed by atoms with Crippen molar-refractivity contribution in [3.05, 3.63) is 36.0 Å². The summed E-state index contributed by atoms with van der Waals surface area (Å²) < 4.78 is 32.1. The summed E-state index contributed by atoms with van der Waals surface area (Å²) in [6.45, 7) is 1.76. The number of anilines is 1. The number of carbonyl (C=O) groups excluding carboxylic acids is 2. The first kappa shape index (κ1) is 17.2. The molecule has 0 radical (unpaired) electrons. The van der Waals surface area contributed by atoms with Crippen molar-refractivity contribution in [1.29, 1.82) is 0 Å². The number of amides is 2. The van der Waals surface area contributed by atoms with Gasteiger partial charge in [0.05, 0.1) is 10.6 Å². The third kappa shape index (κ3) is 3.74. The number of nitrogens with one attached hydrogen (secondary N) is 1. The van der Waals surface area contributed by atoms with Gasteiger partial charge in [-0.05, 0) is 24.3 Å². The van der Waals surface area contributed by atoms with Crippen LogP contribution in [-0.2, 0) is 26.0 Å². The van der Waals surface area contributed by atoms with Crippen LogP contribution in [0.4, 0.5) is 5.69 Å². The molecule has 3 rings (SSSR count). The molecule has 25 heavy (non-hydrogen) atoms. The van der Waals surface area contributed by atoms with Crippen LogP contribution < -0.4 is 9.62 Å². The number of rotatable bonds is 6. The second kappa shape index (κ2) is 6.73. The molecular formula is C15H16N4O5S. The predicted octanol–water partition coefficient (Wildman–Crippen LogP) is 0.552. The van der Waals surface area contributed by atoms with E-state index in [0.717, 1.165) is 4.90 Å². The Hall–Kier alpha value is -2.59. The Bertz CT molecular complexity index is 888. The summed E-state index contributed by atoms with van der Waals surface area (Å²) in [5.74, 6) is 0.197. The molecule has 0 atom stereocenters. The van der Waals surface area contributed by atoms with E-state index in [1.54, 1.807) is 6.92 Å². The van der Waals surface area contributed by atoms with Crippen LogP contribution in [0.3, 0.4) is 0 Å². The lowest BCUT2D eigenvalue weighted by molar-refractivity contribution is -0.121. The van der Waals surface area contributed by atoms with Gasteiger partial charge in [-0.25, -0.2) is 13.1 Å². The minimum absolute atomic E-state index is 0.0389. The van der Waals surface area contributed by atoms with Crippen molar-refractivity contribution >= 4 is 27.5 Å². The molecule has 1 fully saturated rings. The summed E-state index contributed by atoms with van der Waals surface area (Å²) in [6.07, 6.45) is 0.625. The number of hydrogen-bond donors (Lipinski definition) is 1. The highest BCUT2D eigenvalue weighted by molar-refractivity contribution is 7.89. The number of aryl methyl sites for hydroxylation is 1. The largest absolute Gasteiger partial charge is 0.426 e. The molecule has 1 aromatic carbocycles. The maximum Gasteiger partial charge on any atom is 0.240 e. The zero-order valence-electron chi connectivity index (χ0n) is 13.4. The molecule has 0 saturated carbocycles. The van der Waals surface area contributed by atoms with Gasteiger partial charge in [0.15, 0.2) is 0 Å². The Morgan fingerprint density at radius 2 is 1.76 bits per heavy atom. The van der Waals surface area contributed by atoms with Gasteiger partial charge >= 0.3 is 0 Å². The molecule has 2 aromatic rings. The van der Waals surface area contributed by atoms with Crippen molar-refractivity contribution in [2.45, 2.75) is 31.1 Å². The number of benzene rings is 1. The molecule has 2 heterocycles. The second-order valence-corrected chi connectivity index (χ2v) is 7.25. The smallest absolute Gasteiger partial charge is 0.240 e. The second-order valence-electron chi connectivity index (χ2n) is 5.48. The van der Waals surface area contributed by atoms with Gasteiger partial charge in [0, 0.05) is 32.7 Å². The van der Waals surface area contributed by atoms with Crippen molar-refractivity contribution in [3.63, 3.8) is 0 Å². The van der Waals surface area contributed by atoms with Crippen molar-refractivity contribution in [2.24, 2.45) is 0 Å². The lowest BCUT2D eigenvalue weighted by Crippen LogP contribution is -2.29. The molecule has 1 saturated heterocycles. The van der Waals surface area contributed by atoms with Crippen LogP contribution in [0.1, 0.15) is 24.6 Å². The van der Waals surface area contributed by atoms with Crippen molar-refractivity contribution in [2.75, 3.05) is 11.4 Å². The van der Waals surface area contributed by atoms with E-state index in [1.165, 1.54) is 24.3 Å². The summed E-state index contributed by atoms with van der Waals surface area (Å²) in [5.41, 5.74) is 0.368. The van der Waals surface area contributed by atoms with Gasteiger partial charge in [0.1, 0.15) is 0 Å². The van der Waals surface area contributed by atoms with Gasteiger partial charge in [0.25, 0.3) is 0 Å². The molecule has 1 aromatic heterocycles. The Balaban J connectivity index is 1.66. The number of nitrogens with zero attached hydrogens (tertiary/aromatic N) is 3. The standard InChI is InChI=1S/C15H16N4O5S/c1-10-17-18-13(24-10)8-9-16-25(22,23)12-4-2-11(3-5-12)19-14(20)6-7-15(19)21/h2-5,16H,6-9H2,1H3. The van der Waals surface area contributed by atoms with Crippen LogP contribution in [0.5, 0.6) is 0 Å². The van der Waals surface area contributed by atoms with E-state index in [0.29, 0.717) is 17.5 Å². The first-order chi connectivity index (χ1) is 11.9. The number of carbonyl (C=O) groups is 2. The van der Waals surface area contributed by atoms with Crippen LogP contribution in [0, 0.1) is 6.92 Å². The molecule has 1 N–H and O–H groups in total. The van der Waals surface area contributed by atoms with Gasteiger partial charge in [-0.3, -0.25) is 14.5 Å². The van der Waals surface area contributed by atoms with Crippen LogP contribution in [0.2, 0.25) is 0 Å². The van der Waals surface area contributed by atoms with E-state index in [4.69, 9.17) is 4.42 Å². The van der Waals surface area contributed by atoms with E-state index in [2.05, 4.69) is 14.9 Å². The number of sulfonamides is 1. The average molecular weight is 364 g/mol. The molecule has 0 bridgehead atoms. The third-order valence-corrected chi connectivity index (χ3v) is 5.13. The zero-order chi connectivity index (χ0) is 18.0. The van der Waals surface area contributed by atoms with Gasteiger partial charge in [-0.1, -0.05) is 0 Å². The summed E-state index contributed by atoms with van der Waals surface area (Å²) >= 11 is 0. The molecule has 10 heteroatoms. The fourth-order valence-electron chi connectivity index (χ4n) is 2.45. The summed E-state index contributed by atoms with van der Waals surface area (Å²) in [7, 11) is -3.72. The van der Waals surface area contributed by atoms with Crippen LogP contribution in [-0.4, -0.2) is 37.0 Å². The molecular weight excluding hydrogens is 348 g/mol. The summed E-state index contributed by atoms with van der Waals surface area (Å²) in [5, 5.41) is 7.45. The first-order valence-electron chi connectivity index (χ1n) is 7.61. The number of aromatic nitrogens is 2. The lowest BCUT2D eigenvalue weighted by atomic mass is 10.3. The van der Waals surface area contributed by atoms with E-state index in [1.807, 2.05) is 0 Å². The molecule has 9 nitrogen and oxygen atoms in total. The molecule has 0 aliphatic carbocycles. The first-order valence-corrected chi connectivity index (χ1v) is 9.09. The maximum absolute atomic E-state index is 12.3. The number of imide groups is 1. The molecule has 132 valence electrons. The quantitative estimate of drug-likeness (QED) is 0.743. The van der Waals surface area contributed by atoms with E-state index >= 15 is 0 Å². The Morgan fingerprint density at radius 1 is 1.12 bits per heavy atom. The molecule has 2 amide bonds. The zero-order valence-corrected chi connectivity index (χ0v) is 14.2. The third-order valence-electron chi connectivity index (χ3n) is 3.66. The normalized spacial score (nSPS) is 15.2. The van der Waals surface area contributed by atoms with Gasteiger partial charge in [-0.15, -0.1) is 10.2 Å². The van der Waals surface area contributed by atoms with E-state index in [9.17, 15) is 18.0 Å². The Morgan fingerprint density at radius 3 is 2.32 bits per heavy atom. The van der Waals surface area contributed by atoms with Crippen molar-refractivity contribution < 1.29 is 22.4 Å². The Labute approximate surface area is 144 Å². The van der Waals surface area contributed by atoms with Gasteiger partial charge < -0.3 is 4.42 Å². The highest BCUT2D eigenvalue weighted by atomic mass is 32.2.